The van der Waals surface area contributed by atoms with Gasteiger partial charge in [0.15, 0.2) is 0 Å². The molecule has 1 aromatic rings. The molecule has 92 valence electrons. The number of hydrogen-bond acceptors (Lipinski definition) is 1. The van der Waals surface area contributed by atoms with Gasteiger partial charge in [-0.05, 0) is 61.3 Å². The largest absolute Gasteiger partial charge is 0.198 e. The van der Waals surface area contributed by atoms with Crippen LogP contribution in [0.15, 0.2) is 30.3 Å². The Hall–Kier alpha value is -1.29. The minimum atomic E-state index is 0.0138. The summed E-state index contributed by atoms with van der Waals surface area (Å²) in [7, 11) is 0. The third-order valence-electron chi connectivity index (χ3n) is 5.68. The normalized spacial score (nSPS) is 44.8. The standard InChI is InChI=1S/C17H19N/c18-12-16-7-13-6-14(8-16)10-17(9-13,11-16)15-4-2-1-3-5-15/h1-5,13-14H,6-11H2. The molecule has 5 rings (SSSR count). The average molecular weight is 237 g/mol. The second-order valence-corrected chi connectivity index (χ2v) is 7.00. The Labute approximate surface area is 109 Å². The maximum Gasteiger partial charge on any atom is 0.0690 e. The van der Waals surface area contributed by atoms with Crippen LogP contribution in [0.3, 0.4) is 0 Å². The lowest BCUT2D eigenvalue weighted by atomic mass is 9.43. The monoisotopic (exact) mass is 237 g/mol. The summed E-state index contributed by atoms with van der Waals surface area (Å²) in [4.78, 5) is 0. The number of nitrogens with zero attached hydrogens (tertiary/aromatic N) is 1. The van der Waals surface area contributed by atoms with Crippen LogP contribution < -0.4 is 0 Å². The molecule has 4 aliphatic rings. The smallest absolute Gasteiger partial charge is 0.0690 e. The van der Waals surface area contributed by atoms with Crippen molar-refractivity contribution in [1.29, 1.82) is 5.26 Å². The van der Waals surface area contributed by atoms with Crippen molar-refractivity contribution in [3.05, 3.63) is 35.9 Å². The molecule has 0 spiro atoms. The molecule has 0 N–H and O–H groups in total. The van der Waals surface area contributed by atoms with Gasteiger partial charge in [0.25, 0.3) is 0 Å². The predicted molar refractivity (Wildman–Crippen MR) is 70.8 cm³/mol. The van der Waals surface area contributed by atoms with Crippen LogP contribution in [-0.4, -0.2) is 0 Å². The van der Waals surface area contributed by atoms with Crippen molar-refractivity contribution < 1.29 is 0 Å². The maximum atomic E-state index is 9.64. The van der Waals surface area contributed by atoms with E-state index in [1.165, 1.54) is 37.7 Å². The molecule has 1 heteroatoms. The zero-order valence-electron chi connectivity index (χ0n) is 10.7. The van der Waals surface area contributed by atoms with Crippen molar-refractivity contribution in [2.24, 2.45) is 17.3 Å². The second kappa shape index (κ2) is 3.38. The topological polar surface area (TPSA) is 23.8 Å². The maximum absolute atomic E-state index is 9.64. The van der Waals surface area contributed by atoms with Gasteiger partial charge >= 0.3 is 0 Å². The number of benzene rings is 1. The Bertz CT molecular complexity index is 496. The SMILES string of the molecule is N#CC12CC3CC(C1)CC(c1ccccc1)(C3)C2. The summed E-state index contributed by atoms with van der Waals surface area (Å²) in [6, 6.07) is 13.7. The van der Waals surface area contributed by atoms with Gasteiger partial charge in [0.1, 0.15) is 0 Å². The van der Waals surface area contributed by atoms with Gasteiger partial charge in [0, 0.05) is 0 Å². The summed E-state index contributed by atoms with van der Waals surface area (Å²) in [6.07, 6.45) is 7.52. The lowest BCUT2D eigenvalue weighted by Crippen LogP contribution is -2.53. The quantitative estimate of drug-likeness (QED) is 0.723. The molecule has 2 atom stereocenters. The van der Waals surface area contributed by atoms with Crippen LogP contribution in [0.4, 0.5) is 0 Å². The van der Waals surface area contributed by atoms with Crippen molar-refractivity contribution in [2.75, 3.05) is 0 Å². The summed E-state index contributed by atoms with van der Waals surface area (Å²) >= 11 is 0. The Morgan fingerprint density at radius 1 is 1.00 bits per heavy atom. The fourth-order valence-corrected chi connectivity index (χ4v) is 5.52. The average Bonchev–Trinajstić information content (AvgIpc) is 2.38. The zero-order valence-corrected chi connectivity index (χ0v) is 10.7. The number of nitriles is 1. The Morgan fingerprint density at radius 2 is 1.67 bits per heavy atom. The molecule has 0 aliphatic heterocycles. The van der Waals surface area contributed by atoms with Crippen molar-refractivity contribution >= 4 is 0 Å². The van der Waals surface area contributed by atoms with E-state index in [0.29, 0.717) is 5.41 Å². The molecule has 0 radical (unpaired) electrons. The van der Waals surface area contributed by atoms with E-state index in [4.69, 9.17) is 0 Å². The van der Waals surface area contributed by atoms with Crippen LogP contribution in [0.5, 0.6) is 0 Å². The van der Waals surface area contributed by atoms with Crippen LogP contribution in [0.2, 0.25) is 0 Å². The summed E-state index contributed by atoms with van der Waals surface area (Å²) in [5, 5.41) is 9.64. The van der Waals surface area contributed by atoms with E-state index in [1.54, 1.807) is 0 Å². The Balaban J connectivity index is 1.81. The Morgan fingerprint density at radius 3 is 2.28 bits per heavy atom. The second-order valence-electron chi connectivity index (χ2n) is 7.00. The Kier molecular flexibility index (Phi) is 1.99. The first-order chi connectivity index (χ1) is 8.74. The van der Waals surface area contributed by atoms with E-state index in [-0.39, 0.29) is 5.41 Å². The van der Waals surface area contributed by atoms with E-state index in [0.717, 1.165) is 18.3 Å². The van der Waals surface area contributed by atoms with Gasteiger partial charge in [-0.1, -0.05) is 30.3 Å². The molecule has 4 saturated carbocycles. The molecule has 1 aromatic carbocycles. The molecule has 0 amide bonds. The van der Waals surface area contributed by atoms with E-state index < -0.39 is 0 Å². The van der Waals surface area contributed by atoms with Crippen molar-refractivity contribution in [1.82, 2.24) is 0 Å². The zero-order chi connectivity index (χ0) is 12.2. The van der Waals surface area contributed by atoms with Gasteiger partial charge in [-0.2, -0.15) is 5.26 Å². The van der Waals surface area contributed by atoms with E-state index in [2.05, 4.69) is 36.4 Å². The molecule has 1 nitrogen and oxygen atoms in total. The molecular formula is C17H19N. The summed E-state index contributed by atoms with van der Waals surface area (Å²) < 4.78 is 0. The van der Waals surface area contributed by atoms with Gasteiger partial charge in [-0.3, -0.25) is 0 Å². The molecule has 2 unspecified atom stereocenters. The van der Waals surface area contributed by atoms with Gasteiger partial charge in [-0.25, -0.2) is 0 Å². The minimum Gasteiger partial charge on any atom is -0.198 e. The van der Waals surface area contributed by atoms with Crippen LogP contribution in [0.1, 0.15) is 44.1 Å². The molecule has 0 aromatic heterocycles. The third kappa shape index (κ3) is 1.32. The van der Waals surface area contributed by atoms with Crippen LogP contribution in [-0.2, 0) is 5.41 Å². The van der Waals surface area contributed by atoms with Crippen molar-refractivity contribution in [3.63, 3.8) is 0 Å². The van der Waals surface area contributed by atoms with Crippen LogP contribution in [0, 0.1) is 28.6 Å². The lowest BCUT2D eigenvalue weighted by Gasteiger charge is -2.60. The highest BCUT2D eigenvalue weighted by atomic mass is 14.6. The highest BCUT2D eigenvalue weighted by Gasteiger charge is 2.58. The van der Waals surface area contributed by atoms with Crippen molar-refractivity contribution in [3.8, 4) is 6.07 Å². The van der Waals surface area contributed by atoms with Gasteiger partial charge in [0.2, 0.25) is 0 Å². The first kappa shape index (κ1) is 10.6. The fourth-order valence-electron chi connectivity index (χ4n) is 5.52. The molecular weight excluding hydrogens is 218 g/mol. The molecule has 4 fully saturated rings. The summed E-state index contributed by atoms with van der Waals surface area (Å²) in [6.45, 7) is 0. The number of hydrogen-bond donors (Lipinski definition) is 0. The first-order valence-electron chi connectivity index (χ1n) is 7.21. The summed E-state index contributed by atoms with van der Waals surface area (Å²) in [5.74, 6) is 1.62. The highest BCUT2D eigenvalue weighted by molar-refractivity contribution is 5.32. The van der Waals surface area contributed by atoms with Gasteiger partial charge < -0.3 is 0 Å². The third-order valence-corrected chi connectivity index (χ3v) is 5.68. The van der Waals surface area contributed by atoms with Crippen LogP contribution in [0.25, 0.3) is 0 Å². The van der Waals surface area contributed by atoms with E-state index >= 15 is 0 Å². The van der Waals surface area contributed by atoms with E-state index in [1.807, 2.05) is 0 Å². The molecule has 4 aliphatic carbocycles. The lowest BCUT2D eigenvalue weighted by molar-refractivity contribution is -0.0413. The fraction of sp³-hybridized carbons (Fsp3) is 0.588. The van der Waals surface area contributed by atoms with Crippen LogP contribution >= 0.6 is 0 Å². The minimum absolute atomic E-state index is 0.0138. The highest BCUT2D eigenvalue weighted by Crippen LogP contribution is 2.65. The summed E-state index contributed by atoms with van der Waals surface area (Å²) in [5.41, 5.74) is 1.85. The van der Waals surface area contributed by atoms with Gasteiger partial charge in [-0.15, -0.1) is 0 Å². The van der Waals surface area contributed by atoms with Gasteiger partial charge in [0.05, 0.1) is 11.5 Å². The van der Waals surface area contributed by atoms with Crippen molar-refractivity contribution in [2.45, 2.75) is 43.9 Å². The number of rotatable bonds is 1. The molecule has 18 heavy (non-hydrogen) atoms. The molecule has 0 saturated heterocycles. The van der Waals surface area contributed by atoms with E-state index in [9.17, 15) is 5.26 Å². The molecule has 0 heterocycles. The molecule has 4 bridgehead atoms. The first-order valence-corrected chi connectivity index (χ1v) is 7.21. The predicted octanol–water partition coefficient (Wildman–Crippen LogP) is 4.05.